The summed E-state index contributed by atoms with van der Waals surface area (Å²) in [5, 5.41) is 0. The highest BCUT2D eigenvalue weighted by atomic mass is 16.2. The lowest BCUT2D eigenvalue weighted by Gasteiger charge is -2.09. The Morgan fingerprint density at radius 3 is 2.30 bits per heavy atom. The minimum atomic E-state index is -0.549. The molecule has 1 aromatic carbocycles. The van der Waals surface area contributed by atoms with Crippen LogP contribution in [0.4, 0.5) is 0 Å². The number of hydrogen-bond acceptors (Lipinski definition) is 2. The normalized spacial score (nSPS) is 10.8. The lowest BCUT2D eigenvalue weighted by atomic mass is 10.0. The molecule has 1 aromatic heterocycles. The second-order valence-corrected chi connectivity index (χ2v) is 4.97. The van der Waals surface area contributed by atoms with Gasteiger partial charge in [0.15, 0.2) is 0 Å². The fourth-order valence-corrected chi connectivity index (χ4v) is 2.01. The van der Waals surface area contributed by atoms with Crippen LogP contribution in [0.15, 0.2) is 58.9 Å². The minimum Gasteiger partial charge on any atom is -0.306 e. The van der Waals surface area contributed by atoms with Crippen molar-refractivity contribution in [3.63, 3.8) is 0 Å². The van der Waals surface area contributed by atoms with E-state index in [1.807, 2.05) is 24.3 Å². The average molecular weight is 270 g/mol. The molecule has 20 heavy (non-hydrogen) atoms. The number of allylic oxidation sites excluding steroid dienone is 1. The Morgan fingerprint density at radius 1 is 1.10 bits per heavy atom. The van der Waals surface area contributed by atoms with Crippen molar-refractivity contribution < 1.29 is 0 Å². The van der Waals surface area contributed by atoms with Gasteiger partial charge in [-0.1, -0.05) is 32.1 Å². The van der Waals surface area contributed by atoms with Crippen molar-refractivity contribution in [1.82, 2.24) is 9.13 Å². The van der Waals surface area contributed by atoms with Crippen LogP contribution in [0.1, 0.15) is 25.3 Å². The molecule has 0 aliphatic rings. The summed E-state index contributed by atoms with van der Waals surface area (Å²) in [5.41, 5.74) is 0.802. The molecule has 104 valence electrons. The van der Waals surface area contributed by atoms with Gasteiger partial charge in [-0.15, -0.1) is 6.58 Å². The monoisotopic (exact) mass is 270 g/mol. The van der Waals surface area contributed by atoms with E-state index >= 15 is 0 Å². The van der Waals surface area contributed by atoms with E-state index in [2.05, 4.69) is 20.4 Å². The lowest BCUT2D eigenvalue weighted by Crippen LogP contribution is -2.39. The predicted molar refractivity (Wildman–Crippen MR) is 80.6 cm³/mol. The molecule has 0 N–H and O–H groups in total. The predicted octanol–water partition coefficient (Wildman–Crippen LogP) is 2.31. The summed E-state index contributed by atoms with van der Waals surface area (Å²) in [6, 6.07) is 7.66. The van der Waals surface area contributed by atoms with Crippen molar-refractivity contribution in [3.8, 4) is 5.69 Å². The molecule has 0 spiro atoms. The molecule has 4 heteroatoms. The van der Waals surface area contributed by atoms with Crippen LogP contribution < -0.4 is 11.1 Å². The van der Waals surface area contributed by atoms with Crippen LogP contribution in [0.3, 0.4) is 0 Å². The van der Waals surface area contributed by atoms with Crippen LogP contribution in [0, 0.1) is 0 Å². The van der Waals surface area contributed by atoms with Crippen LogP contribution in [0.5, 0.6) is 0 Å². The Morgan fingerprint density at radius 2 is 1.75 bits per heavy atom. The Hall–Kier alpha value is -2.36. The number of rotatable bonds is 4. The highest BCUT2D eigenvalue weighted by molar-refractivity contribution is 5.35. The van der Waals surface area contributed by atoms with Crippen molar-refractivity contribution in [2.45, 2.75) is 26.3 Å². The molecule has 0 bridgehead atoms. The highest BCUT2D eigenvalue weighted by Gasteiger charge is 2.06. The van der Waals surface area contributed by atoms with E-state index in [0.717, 1.165) is 0 Å². The van der Waals surface area contributed by atoms with E-state index < -0.39 is 11.1 Å². The van der Waals surface area contributed by atoms with Gasteiger partial charge in [0.05, 0.1) is 0 Å². The molecule has 0 aliphatic heterocycles. The fraction of sp³-hybridized carbons (Fsp3) is 0.250. The molecule has 2 rings (SSSR count). The quantitative estimate of drug-likeness (QED) is 0.632. The van der Waals surface area contributed by atoms with Crippen molar-refractivity contribution in [2.75, 3.05) is 0 Å². The molecule has 0 aliphatic carbocycles. The molecule has 0 amide bonds. The molecule has 0 atom stereocenters. The van der Waals surface area contributed by atoms with E-state index in [4.69, 9.17) is 0 Å². The highest BCUT2D eigenvalue weighted by Crippen LogP contribution is 2.15. The molecular formula is C16H18N2O2. The van der Waals surface area contributed by atoms with E-state index in [1.165, 1.54) is 14.7 Å². The van der Waals surface area contributed by atoms with Gasteiger partial charge in [-0.05, 0) is 23.6 Å². The number of hydrogen-bond donors (Lipinski definition) is 0. The van der Waals surface area contributed by atoms with Gasteiger partial charge in [0, 0.05) is 24.6 Å². The summed E-state index contributed by atoms with van der Waals surface area (Å²) in [6.45, 7) is 8.12. The molecule has 0 radical (unpaired) electrons. The maximum atomic E-state index is 12.1. The third kappa shape index (κ3) is 2.64. The van der Waals surface area contributed by atoms with Gasteiger partial charge in [-0.2, -0.15) is 0 Å². The first-order valence-electron chi connectivity index (χ1n) is 6.58. The summed E-state index contributed by atoms with van der Waals surface area (Å²) < 4.78 is 2.71. The Bertz CT molecular complexity index is 721. The van der Waals surface area contributed by atoms with Gasteiger partial charge in [0.1, 0.15) is 0 Å². The van der Waals surface area contributed by atoms with Crippen LogP contribution in [-0.2, 0) is 6.54 Å². The molecule has 0 unspecified atom stereocenters. The minimum absolute atomic E-state index is 0.335. The molecule has 0 saturated carbocycles. The standard InChI is InChI=1S/C16H18N2O2/c1-4-9-17-10-11-18(16(20)15(17)19)14-7-5-13(6-8-14)12(2)3/h4-8,10-12H,1,9H2,2-3H3. The first-order valence-corrected chi connectivity index (χ1v) is 6.58. The topological polar surface area (TPSA) is 44.0 Å². The maximum absolute atomic E-state index is 12.1. The molecular weight excluding hydrogens is 252 g/mol. The first kappa shape index (κ1) is 14.1. The average Bonchev–Trinajstić information content (AvgIpc) is 2.44. The SMILES string of the molecule is C=CCn1ccn(-c2ccc(C(C)C)cc2)c(=O)c1=O. The largest absolute Gasteiger partial charge is 0.320 e. The third-order valence-electron chi connectivity index (χ3n) is 3.22. The van der Waals surface area contributed by atoms with E-state index in [0.29, 0.717) is 18.2 Å². The van der Waals surface area contributed by atoms with Crippen molar-refractivity contribution in [3.05, 3.63) is 75.6 Å². The van der Waals surface area contributed by atoms with Gasteiger partial charge in [-0.25, -0.2) is 0 Å². The molecule has 2 aromatic rings. The smallest absolute Gasteiger partial charge is 0.306 e. The van der Waals surface area contributed by atoms with Gasteiger partial charge in [0.2, 0.25) is 0 Å². The van der Waals surface area contributed by atoms with E-state index in [9.17, 15) is 9.59 Å². The van der Waals surface area contributed by atoms with Crippen LogP contribution in [0.2, 0.25) is 0 Å². The van der Waals surface area contributed by atoms with Crippen molar-refractivity contribution >= 4 is 0 Å². The molecule has 1 heterocycles. The van der Waals surface area contributed by atoms with E-state index in [1.54, 1.807) is 18.5 Å². The molecule has 0 fully saturated rings. The van der Waals surface area contributed by atoms with E-state index in [-0.39, 0.29) is 0 Å². The lowest BCUT2D eigenvalue weighted by molar-refractivity contribution is 0.733. The van der Waals surface area contributed by atoms with Gasteiger partial charge in [0.25, 0.3) is 0 Å². The van der Waals surface area contributed by atoms with Crippen LogP contribution >= 0.6 is 0 Å². The molecule has 0 saturated heterocycles. The van der Waals surface area contributed by atoms with Crippen LogP contribution in [-0.4, -0.2) is 9.13 Å². The van der Waals surface area contributed by atoms with Gasteiger partial charge >= 0.3 is 11.1 Å². The van der Waals surface area contributed by atoms with Crippen molar-refractivity contribution in [1.29, 1.82) is 0 Å². The maximum Gasteiger partial charge on any atom is 0.320 e. The van der Waals surface area contributed by atoms with Crippen LogP contribution in [0.25, 0.3) is 5.69 Å². The summed E-state index contributed by atoms with van der Waals surface area (Å²) in [7, 11) is 0. The zero-order valence-electron chi connectivity index (χ0n) is 11.7. The second-order valence-electron chi connectivity index (χ2n) is 4.97. The van der Waals surface area contributed by atoms with Gasteiger partial charge < -0.3 is 4.57 Å². The Balaban J connectivity index is 2.48. The zero-order chi connectivity index (χ0) is 14.7. The number of nitrogens with zero attached hydrogens (tertiary/aromatic N) is 2. The first-order chi connectivity index (χ1) is 9.54. The fourth-order valence-electron chi connectivity index (χ4n) is 2.01. The summed E-state index contributed by atoms with van der Waals surface area (Å²) in [6.07, 6.45) is 4.79. The third-order valence-corrected chi connectivity index (χ3v) is 3.22. The number of aromatic nitrogens is 2. The zero-order valence-corrected chi connectivity index (χ0v) is 11.7. The summed E-state index contributed by atoms with van der Waals surface area (Å²) >= 11 is 0. The van der Waals surface area contributed by atoms with Gasteiger partial charge in [-0.3, -0.25) is 14.2 Å². The number of benzene rings is 1. The summed E-state index contributed by atoms with van der Waals surface area (Å²) in [4.78, 5) is 24.0. The molecule has 4 nitrogen and oxygen atoms in total. The summed E-state index contributed by atoms with van der Waals surface area (Å²) in [5.74, 6) is 0.432. The Kier molecular flexibility index (Phi) is 4.03. The van der Waals surface area contributed by atoms with Crippen molar-refractivity contribution in [2.24, 2.45) is 0 Å². The second kappa shape index (κ2) is 5.74. The Labute approximate surface area is 117 Å².